The molecule has 2 atom stereocenters. The number of rotatable bonds is 5. The van der Waals surface area contributed by atoms with E-state index in [1.54, 1.807) is 36.3 Å². The van der Waals surface area contributed by atoms with Gasteiger partial charge in [0.2, 0.25) is 0 Å². The molecule has 22 heavy (non-hydrogen) atoms. The van der Waals surface area contributed by atoms with Crippen molar-refractivity contribution in [3.05, 3.63) is 35.4 Å². The number of carbonyl (C=O) groups excluding carboxylic acids is 2. The summed E-state index contributed by atoms with van der Waals surface area (Å²) >= 11 is 0. The van der Waals surface area contributed by atoms with Crippen molar-refractivity contribution in [1.82, 2.24) is 4.90 Å². The van der Waals surface area contributed by atoms with Crippen molar-refractivity contribution in [2.45, 2.75) is 31.9 Å². The zero-order valence-electron chi connectivity index (χ0n) is 12.6. The Morgan fingerprint density at radius 3 is 2.32 bits per heavy atom. The van der Waals surface area contributed by atoms with Gasteiger partial charge in [-0.2, -0.15) is 0 Å². The predicted molar refractivity (Wildman–Crippen MR) is 78.9 cm³/mol. The number of ether oxygens (including phenoxy) is 1. The maximum Gasteiger partial charge on any atom is 0.305 e. The molecule has 6 heteroatoms. The highest BCUT2D eigenvalue weighted by molar-refractivity contribution is 5.98. The van der Waals surface area contributed by atoms with Crippen LogP contribution in [-0.4, -0.2) is 53.5 Å². The lowest BCUT2D eigenvalue weighted by Gasteiger charge is -2.23. The molecule has 0 bridgehead atoms. The van der Waals surface area contributed by atoms with E-state index in [2.05, 4.69) is 0 Å². The number of hydrogen-bond donors (Lipinski definition) is 1. The Labute approximate surface area is 128 Å². The third kappa shape index (κ3) is 3.51. The van der Waals surface area contributed by atoms with Gasteiger partial charge in [-0.15, -0.1) is 0 Å². The Morgan fingerprint density at radius 2 is 1.82 bits per heavy atom. The summed E-state index contributed by atoms with van der Waals surface area (Å²) in [5.74, 6) is -1.24. The standard InChI is InChI=1S/C16H19NO5/c1-10(18)11-3-5-12(6-4-11)16(21)17-9-14(22-2)7-13(17)8-15(19)20/h3-6,13-14H,7-9H2,1-2H3,(H,19,20). The number of hydrogen-bond acceptors (Lipinski definition) is 4. The Kier molecular flexibility index (Phi) is 4.92. The lowest BCUT2D eigenvalue weighted by Crippen LogP contribution is -2.37. The minimum Gasteiger partial charge on any atom is -0.481 e. The summed E-state index contributed by atoms with van der Waals surface area (Å²) in [6.45, 7) is 1.84. The first kappa shape index (κ1) is 16.2. The third-order valence-electron chi connectivity index (χ3n) is 3.92. The molecule has 0 aliphatic carbocycles. The fraction of sp³-hybridized carbons (Fsp3) is 0.438. The summed E-state index contributed by atoms with van der Waals surface area (Å²) in [4.78, 5) is 36.3. The van der Waals surface area contributed by atoms with Crippen LogP contribution >= 0.6 is 0 Å². The fourth-order valence-electron chi connectivity index (χ4n) is 2.70. The molecule has 1 aromatic carbocycles. The molecule has 1 heterocycles. The monoisotopic (exact) mass is 305 g/mol. The number of amides is 1. The van der Waals surface area contributed by atoms with Gasteiger partial charge >= 0.3 is 5.97 Å². The highest BCUT2D eigenvalue weighted by Crippen LogP contribution is 2.25. The van der Waals surface area contributed by atoms with Gasteiger partial charge in [0, 0.05) is 30.8 Å². The van der Waals surface area contributed by atoms with Gasteiger partial charge in [-0.25, -0.2) is 0 Å². The van der Waals surface area contributed by atoms with Crippen LogP contribution in [0.1, 0.15) is 40.5 Å². The van der Waals surface area contributed by atoms with Gasteiger partial charge in [0.15, 0.2) is 5.78 Å². The van der Waals surface area contributed by atoms with Gasteiger partial charge in [0.05, 0.1) is 12.5 Å². The fourth-order valence-corrected chi connectivity index (χ4v) is 2.70. The molecular formula is C16H19NO5. The largest absolute Gasteiger partial charge is 0.481 e. The Bertz CT molecular complexity index is 581. The number of ketones is 1. The second-order valence-electron chi connectivity index (χ2n) is 5.44. The van der Waals surface area contributed by atoms with E-state index in [0.29, 0.717) is 24.1 Å². The van der Waals surface area contributed by atoms with Crippen molar-refractivity contribution < 1.29 is 24.2 Å². The Balaban J connectivity index is 2.18. The third-order valence-corrected chi connectivity index (χ3v) is 3.92. The van der Waals surface area contributed by atoms with E-state index in [-0.39, 0.29) is 30.3 Å². The van der Waals surface area contributed by atoms with E-state index in [4.69, 9.17) is 9.84 Å². The van der Waals surface area contributed by atoms with Crippen LogP contribution in [0.3, 0.4) is 0 Å². The SMILES string of the molecule is COC1CC(CC(=O)O)N(C(=O)c2ccc(C(C)=O)cc2)C1. The average molecular weight is 305 g/mol. The quantitative estimate of drug-likeness (QED) is 0.835. The maximum atomic E-state index is 12.6. The van der Waals surface area contributed by atoms with E-state index in [1.165, 1.54) is 6.92 Å². The van der Waals surface area contributed by atoms with Crippen molar-refractivity contribution in [1.29, 1.82) is 0 Å². The molecule has 2 unspecified atom stereocenters. The molecule has 1 N–H and O–H groups in total. The maximum absolute atomic E-state index is 12.6. The molecular weight excluding hydrogens is 286 g/mol. The van der Waals surface area contributed by atoms with E-state index >= 15 is 0 Å². The van der Waals surface area contributed by atoms with Crippen LogP contribution in [0.5, 0.6) is 0 Å². The van der Waals surface area contributed by atoms with Gasteiger partial charge in [-0.3, -0.25) is 14.4 Å². The molecule has 0 saturated carbocycles. The lowest BCUT2D eigenvalue weighted by atomic mass is 10.1. The highest BCUT2D eigenvalue weighted by Gasteiger charge is 2.36. The first-order valence-corrected chi connectivity index (χ1v) is 7.09. The van der Waals surface area contributed by atoms with Crippen LogP contribution in [0, 0.1) is 0 Å². The summed E-state index contributed by atoms with van der Waals surface area (Å²) in [5, 5.41) is 8.98. The number of carboxylic acid groups (broad SMARTS) is 1. The van der Waals surface area contributed by atoms with Crippen LogP contribution in [0.4, 0.5) is 0 Å². The van der Waals surface area contributed by atoms with E-state index in [9.17, 15) is 14.4 Å². The number of carboxylic acids is 1. The number of Topliss-reactive ketones (excluding diaryl/α,β-unsaturated/α-hetero) is 1. The van der Waals surface area contributed by atoms with Crippen LogP contribution < -0.4 is 0 Å². The van der Waals surface area contributed by atoms with E-state index in [0.717, 1.165) is 0 Å². The van der Waals surface area contributed by atoms with Gasteiger partial charge in [0.25, 0.3) is 5.91 Å². The van der Waals surface area contributed by atoms with Gasteiger partial charge in [-0.1, -0.05) is 12.1 Å². The molecule has 1 saturated heterocycles. The van der Waals surface area contributed by atoms with Crippen molar-refractivity contribution in [3.63, 3.8) is 0 Å². The van der Waals surface area contributed by atoms with Crippen LogP contribution in [-0.2, 0) is 9.53 Å². The Morgan fingerprint density at radius 1 is 1.23 bits per heavy atom. The zero-order chi connectivity index (χ0) is 16.3. The average Bonchev–Trinajstić information content (AvgIpc) is 2.88. The first-order chi connectivity index (χ1) is 10.4. The molecule has 0 radical (unpaired) electrons. The summed E-state index contributed by atoms with van der Waals surface area (Å²) < 4.78 is 5.26. The molecule has 1 fully saturated rings. The number of methoxy groups -OCH3 is 1. The van der Waals surface area contributed by atoms with Crippen LogP contribution in [0.15, 0.2) is 24.3 Å². The number of benzene rings is 1. The van der Waals surface area contributed by atoms with Gasteiger partial charge in [0.1, 0.15) is 0 Å². The molecule has 1 aliphatic rings. The zero-order valence-corrected chi connectivity index (χ0v) is 12.6. The second kappa shape index (κ2) is 6.70. The molecule has 1 aliphatic heterocycles. The highest BCUT2D eigenvalue weighted by atomic mass is 16.5. The predicted octanol–water partition coefficient (Wildman–Crippen LogP) is 1.59. The molecule has 0 aromatic heterocycles. The van der Waals surface area contributed by atoms with Crippen molar-refractivity contribution in [2.75, 3.05) is 13.7 Å². The summed E-state index contributed by atoms with van der Waals surface area (Å²) in [6.07, 6.45) is 0.266. The first-order valence-electron chi connectivity index (χ1n) is 7.09. The van der Waals surface area contributed by atoms with Crippen molar-refractivity contribution in [2.24, 2.45) is 0 Å². The second-order valence-corrected chi connectivity index (χ2v) is 5.44. The molecule has 2 rings (SSSR count). The number of carbonyl (C=O) groups is 3. The van der Waals surface area contributed by atoms with Crippen LogP contribution in [0.2, 0.25) is 0 Å². The molecule has 1 amide bonds. The van der Waals surface area contributed by atoms with E-state index in [1.807, 2.05) is 0 Å². The van der Waals surface area contributed by atoms with Gasteiger partial charge in [-0.05, 0) is 25.5 Å². The van der Waals surface area contributed by atoms with Crippen molar-refractivity contribution >= 4 is 17.7 Å². The normalized spacial score (nSPS) is 20.9. The lowest BCUT2D eigenvalue weighted by molar-refractivity contribution is -0.138. The minimum atomic E-state index is -0.938. The van der Waals surface area contributed by atoms with E-state index < -0.39 is 5.97 Å². The van der Waals surface area contributed by atoms with Gasteiger partial charge < -0.3 is 14.7 Å². The molecule has 1 aromatic rings. The molecule has 118 valence electrons. The number of aliphatic carboxylic acids is 1. The summed E-state index contributed by atoms with van der Waals surface area (Å²) in [6, 6.07) is 6.02. The number of likely N-dealkylation sites (tertiary alicyclic amines) is 1. The molecule has 0 spiro atoms. The van der Waals surface area contributed by atoms with Crippen LogP contribution in [0.25, 0.3) is 0 Å². The molecule has 6 nitrogen and oxygen atoms in total. The smallest absolute Gasteiger partial charge is 0.305 e. The van der Waals surface area contributed by atoms with Crippen molar-refractivity contribution in [3.8, 4) is 0 Å². The summed E-state index contributed by atoms with van der Waals surface area (Å²) in [7, 11) is 1.55. The number of nitrogens with zero attached hydrogens (tertiary/aromatic N) is 1. The minimum absolute atomic E-state index is 0.0663. The topological polar surface area (TPSA) is 83.9 Å². The summed E-state index contributed by atoms with van der Waals surface area (Å²) in [5.41, 5.74) is 0.979. The Hall–Kier alpha value is -2.21.